The maximum Gasteiger partial charge on any atom is 0.207 e. The number of carbonyl (C=O) groups excluding carboxylic acids is 1. The van der Waals surface area contributed by atoms with Crippen LogP contribution in [-0.4, -0.2) is 4.69 Å². The summed E-state index contributed by atoms with van der Waals surface area (Å²) >= 11 is 2.99. The van der Waals surface area contributed by atoms with Crippen LogP contribution in [0.4, 0.5) is 0 Å². The molecule has 64 valence electrons. The normalized spacial score (nSPS) is 11.2. The van der Waals surface area contributed by atoms with Gasteiger partial charge in [-0.2, -0.15) is 0 Å². The van der Waals surface area contributed by atoms with Crippen molar-refractivity contribution < 1.29 is 4.79 Å². The first-order valence-corrected chi connectivity index (χ1v) is 4.60. The Balaban J connectivity index is 3.06. The first-order chi connectivity index (χ1) is 5.55. The number of carbonyl (C=O) groups is 1. The quantitative estimate of drug-likeness (QED) is 0.710. The molecule has 0 aliphatic heterocycles. The van der Waals surface area contributed by atoms with E-state index < -0.39 is 5.41 Å². The maximum absolute atomic E-state index is 11.2. The zero-order chi connectivity index (χ0) is 9.19. The lowest BCUT2D eigenvalue weighted by Gasteiger charge is -2.19. The molecule has 0 unspecified atom stereocenters. The third-order valence-electron chi connectivity index (χ3n) is 1.99. The van der Waals surface area contributed by atoms with Gasteiger partial charge in [-0.15, -0.1) is 0 Å². The summed E-state index contributed by atoms with van der Waals surface area (Å²) in [5.41, 5.74) is 0.605. The summed E-state index contributed by atoms with van der Waals surface area (Å²) in [6.07, 6.45) is 0. The van der Waals surface area contributed by atoms with Gasteiger partial charge in [-0.3, -0.25) is 4.79 Å². The van der Waals surface area contributed by atoms with E-state index in [1.165, 1.54) is 0 Å². The van der Waals surface area contributed by atoms with Gasteiger partial charge in [-0.1, -0.05) is 30.3 Å². The number of benzene rings is 1. The van der Waals surface area contributed by atoms with Gasteiger partial charge >= 0.3 is 0 Å². The second-order valence-corrected chi connectivity index (χ2v) is 3.98. The average molecular weight is 227 g/mol. The van der Waals surface area contributed by atoms with Crippen molar-refractivity contribution in [2.75, 3.05) is 0 Å². The zero-order valence-electron chi connectivity index (χ0n) is 7.17. The van der Waals surface area contributed by atoms with Crippen molar-refractivity contribution in [3.63, 3.8) is 0 Å². The molecule has 2 heteroatoms. The van der Waals surface area contributed by atoms with E-state index in [0.717, 1.165) is 5.56 Å². The van der Waals surface area contributed by atoms with Crippen molar-refractivity contribution in [2.24, 2.45) is 0 Å². The highest BCUT2D eigenvalue weighted by atomic mass is 79.9. The van der Waals surface area contributed by atoms with Crippen LogP contribution in [0.3, 0.4) is 0 Å². The molecule has 0 heterocycles. The Labute approximate surface area is 80.9 Å². The molecule has 1 nitrogen and oxygen atoms in total. The Bertz CT molecular complexity index is 277. The van der Waals surface area contributed by atoms with Gasteiger partial charge in [0, 0.05) is 0 Å². The van der Waals surface area contributed by atoms with E-state index in [-0.39, 0.29) is 4.69 Å². The van der Waals surface area contributed by atoms with Crippen molar-refractivity contribution in [1.82, 2.24) is 0 Å². The van der Waals surface area contributed by atoms with E-state index in [2.05, 4.69) is 15.9 Å². The summed E-state index contributed by atoms with van der Waals surface area (Å²) in [6.45, 7) is 3.80. The van der Waals surface area contributed by atoms with Gasteiger partial charge < -0.3 is 0 Å². The zero-order valence-corrected chi connectivity index (χ0v) is 8.76. The van der Waals surface area contributed by atoms with Crippen LogP contribution < -0.4 is 0 Å². The monoisotopic (exact) mass is 226 g/mol. The van der Waals surface area contributed by atoms with Crippen LogP contribution in [0.1, 0.15) is 19.4 Å². The highest BCUT2D eigenvalue weighted by molar-refractivity contribution is 9.18. The van der Waals surface area contributed by atoms with Crippen molar-refractivity contribution in [3.05, 3.63) is 35.9 Å². The summed E-state index contributed by atoms with van der Waals surface area (Å²) in [6, 6.07) is 9.73. The molecule has 1 aromatic carbocycles. The predicted molar refractivity (Wildman–Crippen MR) is 53.4 cm³/mol. The van der Waals surface area contributed by atoms with Gasteiger partial charge in [0.2, 0.25) is 4.69 Å². The first-order valence-electron chi connectivity index (χ1n) is 3.80. The summed E-state index contributed by atoms with van der Waals surface area (Å²) in [7, 11) is 0. The maximum atomic E-state index is 11.2. The number of hydrogen-bond donors (Lipinski definition) is 0. The molecule has 0 fully saturated rings. The Morgan fingerprint density at radius 2 is 1.75 bits per heavy atom. The Kier molecular flexibility index (Phi) is 2.68. The molecule has 0 bridgehead atoms. The van der Waals surface area contributed by atoms with Crippen LogP contribution in [0, 0.1) is 0 Å². The Morgan fingerprint density at radius 1 is 1.25 bits per heavy atom. The van der Waals surface area contributed by atoms with Crippen molar-refractivity contribution in [1.29, 1.82) is 0 Å². The fourth-order valence-corrected chi connectivity index (χ4v) is 1.20. The molecule has 0 spiro atoms. The minimum absolute atomic E-state index is 0.0150. The standard InChI is InChI=1S/C10H11BrO/c1-10(2,9(11)12)8-6-4-3-5-7-8/h3-7H,1-2H3. The van der Waals surface area contributed by atoms with Crippen LogP contribution in [0.25, 0.3) is 0 Å². The van der Waals surface area contributed by atoms with Gasteiger partial charge in [0.05, 0.1) is 5.41 Å². The molecule has 0 aliphatic rings. The largest absolute Gasteiger partial charge is 0.286 e. The second-order valence-electron chi connectivity index (χ2n) is 3.26. The molecule has 0 atom stereocenters. The summed E-state index contributed by atoms with van der Waals surface area (Å²) in [5.74, 6) is 0. The van der Waals surface area contributed by atoms with Crippen molar-refractivity contribution >= 4 is 20.6 Å². The summed E-state index contributed by atoms with van der Waals surface area (Å²) in [4.78, 5) is 11.2. The third-order valence-corrected chi connectivity index (χ3v) is 2.98. The molecule has 0 amide bonds. The van der Waals surface area contributed by atoms with Crippen LogP contribution >= 0.6 is 15.9 Å². The third kappa shape index (κ3) is 1.75. The van der Waals surface area contributed by atoms with Crippen LogP contribution in [0.2, 0.25) is 0 Å². The minimum Gasteiger partial charge on any atom is -0.286 e. The minimum atomic E-state index is -0.429. The van der Waals surface area contributed by atoms with Gasteiger partial charge in [0.1, 0.15) is 0 Å². The van der Waals surface area contributed by atoms with Crippen molar-refractivity contribution in [2.45, 2.75) is 19.3 Å². The second kappa shape index (κ2) is 3.40. The molecule has 0 saturated heterocycles. The SMILES string of the molecule is CC(C)(C(=O)Br)c1ccccc1. The highest BCUT2D eigenvalue weighted by Crippen LogP contribution is 2.25. The average Bonchev–Trinajstić information content (AvgIpc) is 2.06. The van der Waals surface area contributed by atoms with Gasteiger partial charge in [0.15, 0.2) is 0 Å². The number of hydrogen-bond acceptors (Lipinski definition) is 1. The molecule has 0 aliphatic carbocycles. The predicted octanol–water partition coefficient (Wildman–Crippen LogP) is 2.89. The molecule has 12 heavy (non-hydrogen) atoms. The number of rotatable bonds is 2. The van der Waals surface area contributed by atoms with Crippen LogP contribution in [0.5, 0.6) is 0 Å². The first kappa shape index (κ1) is 9.46. The lowest BCUT2D eigenvalue weighted by atomic mass is 9.86. The number of halogens is 1. The van der Waals surface area contributed by atoms with E-state index in [4.69, 9.17) is 0 Å². The fraction of sp³-hybridized carbons (Fsp3) is 0.300. The summed E-state index contributed by atoms with van der Waals surface area (Å²) < 4.78 is 0.0150. The van der Waals surface area contributed by atoms with E-state index in [9.17, 15) is 4.79 Å². The van der Waals surface area contributed by atoms with Crippen LogP contribution in [0.15, 0.2) is 30.3 Å². The topological polar surface area (TPSA) is 17.1 Å². The molecule has 0 aromatic heterocycles. The summed E-state index contributed by atoms with van der Waals surface area (Å²) in [5, 5.41) is 0. The lowest BCUT2D eigenvalue weighted by Crippen LogP contribution is -2.24. The van der Waals surface area contributed by atoms with E-state index in [0.29, 0.717) is 0 Å². The molecule has 1 rings (SSSR count). The smallest absolute Gasteiger partial charge is 0.207 e. The molecule has 0 saturated carbocycles. The lowest BCUT2D eigenvalue weighted by molar-refractivity contribution is -0.114. The van der Waals surface area contributed by atoms with E-state index in [1.54, 1.807) is 0 Å². The Morgan fingerprint density at radius 3 is 2.17 bits per heavy atom. The molecular weight excluding hydrogens is 216 g/mol. The highest BCUT2D eigenvalue weighted by Gasteiger charge is 2.26. The molecular formula is C10H11BrO. The molecule has 0 N–H and O–H groups in total. The molecule has 0 radical (unpaired) electrons. The van der Waals surface area contributed by atoms with E-state index >= 15 is 0 Å². The van der Waals surface area contributed by atoms with Crippen LogP contribution in [-0.2, 0) is 10.2 Å². The molecule has 1 aromatic rings. The van der Waals surface area contributed by atoms with E-state index in [1.807, 2.05) is 44.2 Å². The fourth-order valence-electron chi connectivity index (χ4n) is 0.968. The Hall–Kier alpha value is -0.630. The van der Waals surface area contributed by atoms with Gasteiger partial charge in [-0.25, -0.2) is 0 Å². The van der Waals surface area contributed by atoms with Crippen molar-refractivity contribution in [3.8, 4) is 0 Å². The van der Waals surface area contributed by atoms with Gasteiger partial charge in [0.25, 0.3) is 0 Å². The van der Waals surface area contributed by atoms with Gasteiger partial charge in [-0.05, 0) is 35.3 Å².